The lowest BCUT2D eigenvalue weighted by Crippen LogP contribution is -2.42. The molecule has 6 N–H and O–H groups in total. The third-order valence-corrected chi connectivity index (χ3v) is 16.9. The van der Waals surface area contributed by atoms with E-state index in [9.17, 15) is 32.0 Å². The fraction of sp³-hybridized carbons (Fsp3) is 0.647. The number of likely N-dealkylation sites (N-methyl/N-ethyl adjacent to an activating group) is 6. The molecule has 6 aliphatic carbocycles. The lowest BCUT2D eigenvalue weighted by molar-refractivity contribution is -0.0280. The van der Waals surface area contributed by atoms with Crippen LogP contribution < -0.4 is 28.4 Å². The smallest absolute Gasteiger partial charge is 0.118 e. The topological polar surface area (TPSA) is 196 Å². The molecule has 0 amide bonds. The predicted octanol–water partition coefficient (Wildman–Crippen LogP) is 18.2. The van der Waals surface area contributed by atoms with Gasteiger partial charge < -0.3 is 88.5 Å². The van der Waals surface area contributed by atoms with E-state index in [1.807, 2.05) is 0 Å². The van der Waals surface area contributed by atoms with Crippen LogP contribution in [-0.2, 0) is 0 Å². The first-order chi connectivity index (χ1) is 91.1. The lowest BCUT2D eigenvalue weighted by atomic mass is 9.72. The van der Waals surface area contributed by atoms with Crippen LogP contribution in [0.5, 0.6) is 34.5 Å². The fourth-order valence-corrected chi connectivity index (χ4v) is 11.1. The molecule has 0 aromatic heterocycles. The monoisotopic (exact) mass is 1750 g/mol. The number of aliphatic hydroxyl groups is 6. The first-order valence-corrected chi connectivity index (χ1v) is 35.6. The molecule has 0 aliphatic heterocycles. The summed E-state index contributed by atoms with van der Waals surface area (Å²) in [4.78, 5) is 1.81. The van der Waals surface area contributed by atoms with E-state index in [4.69, 9.17) is 148 Å². The third-order valence-electron chi connectivity index (χ3n) is 16.9. The number of rotatable bonds is 30. The van der Waals surface area contributed by atoms with Gasteiger partial charge in [-0.2, -0.15) is 0 Å². The second-order valence-corrected chi connectivity index (χ2v) is 26.1. The summed E-state index contributed by atoms with van der Waals surface area (Å²) in [7, 11) is 14.8. The molecular weight excluding hydrogens is 1500 g/mol. The van der Waals surface area contributed by atoms with Crippen molar-refractivity contribution in [3.63, 3.8) is 0 Å². The maximum Gasteiger partial charge on any atom is 0.118 e. The highest BCUT2D eigenvalue weighted by atomic mass is 16.5. The molecule has 6 unspecified atom stereocenters. The minimum absolute atomic E-state index is 0.0974. The van der Waals surface area contributed by atoms with Crippen molar-refractivity contribution in [2.45, 2.75) is 260 Å². The van der Waals surface area contributed by atoms with Crippen LogP contribution in [0.1, 0.15) is 381 Å². The van der Waals surface area contributed by atoms with Gasteiger partial charge in [0.1, 0.15) is 34.5 Å². The Morgan fingerprint density at radius 3 is 0.683 bits per heavy atom. The second kappa shape index (κ2) is 50.0. The molecule has 18 heteroatoms. The lowest BCUT2D eigenvalue weighted by Gasteiger charge is -2.40. The van der Waals surface area contributed by atoms with Gasteiger partial charge in [-0.25, -0.2) is 0 Å². The van der Waals surface area contributed by atoms with Crippen molar-refractivity contribution in [2.75, 3.05) is 166 Å². The zero-order valence-corrected chi connectivity index (χ0v) is 67.4. The molecule has 6 atom stereocenters. The van der Waals surface area contributed by atoms with Crippen molar-refractivity contribution in [1.82, 2.24) is 29.4 Å². The molecule has 6 aliphatic rings. The highest BCUT2D eigenvalue weighted by Gasteiger charge is 2.45. The fourth-order valence-electron chi connectivity index (χ4n) is 11.1. The summed E-state index contributed by atoms with van der Waals surface area (Å²) in [6, 6.07) is 27.6. The number of methoxy groups -OCH3 is 6. The largest absolute Gasteiger partial charge is 0.497 e. The van der Waals surface area contributed by atoms with E-state index in [2.05, 4.69) is 0 Å². The van der Waals surface area contributed by atoms with Crippen molar-refractivity contribution in [3.8, 4) is 34.5 Å². The molecule has 0 heterocycles. The molecule has 12 rings (SSSR count). The highest BCUT2D eigenvalue weighted by Crippen LogP contribution is 2.47. The van der Waals surface area contributed by atoms with Gasteiger partial charge in [-0.3, -0.25) is 0 Å². The van der Waals surface area contributed by atoms with E-state index in [1.165, 1.54) is 122 Å². The van der Waals surface area contributed by atoms with E-state index in [1.54, 1.807) is 0 Å². The minimum Gasteiger partial charge on any atom is -0.497 e. The van der Waals surface area contributed by atoms with E-state index >= 15 is 0 Å². The number of benzene rings is 6. The van der Waals surface area contributed by atoms with Gasteiger partial charge in [0, 0.05) is 195 Å². The van der Waals surface area contributed by atoms with Crippen molar-refractivity contribution >= 4 is 0 Å². The van der Waals surface area contributed by atoms with Gasteiger partial charge in [0.05, 0.1) is 76.3 Å². The summed E-state index contributed by atoms with van der Waals surface area (Å²) in [5.41, 5.74) is -26.9. The Kier molecular flexibility index (Phi) is 13.9. The summed E-state index contributed by atoms with van der Waals surface area (Å²) < 4.78 is 750. The van der Waals surface area contributed by atoms with Crippen molar-refractivity contribution in [1.29, 1.82) is 0 Å². The molecule has 0 bridgehead atoms. The molecule has 18 nitrogen and oxygen atoms in total. The minimum atomic E-state index is -4.27. The Labute approximate surface area is 849 Å². The van der Waals surface area contributed by atoms with Gasteiger partial charge in [0.2, 0.25) is 0 Å². The highest BCUT2D eigenvalue weighted by molar-refractivity contribution is 5.37. The number of nitrogens with zero attached hydrogens (tertiary/aromatic N) is 6. The summed E-state index contributed by atoms with van der Waals surface area (Å²) in [5.74, 6) is -16.9. The van der Waals surface area contributed by atoms with Crippen LogP contribution in [0.4, 0.5) is 0 Å². The van der Waals surface area contributed by atoms with Crippen LogP contribution in [0.15, 0.2) is 146 Å². The summed E-state index contributed by atoms with van der Waals surface area (Å²) in [5, 5.41) is 71.1. The maximum absolute atomic E-state index is 11.9. The predicted molar refractivity (Wildman–Crippen MR) is 494 cm³/mol. The van der Waals surface area contributed by atoms with Gasteiger partial charge in [-0.15, -0.1) is 0 Å². The average Bonchev–Trinajstić information content (AvgIpc) is 0.628. The molecule has 0 radical (unpaired) electrons. The molecule has 0 spiro atoms. The zero-order chi connectivity index (χ0) is 165. The molecule has 6 fully saturated rings. The molecule has 120 heavy (non-hydrogen) atoms. The summed E-state index contributed by atoms with van der Waals surface area (Å²) in [6.45, 7) is -34.6. The Bertz CT molecular complexity index is 7770. The van der Waals surface area contributed by atoms with Gasteiger partial charge in [-0.05, 0) is 267 Å². The second-order valence-electron chi connectivity index (χ2n) is 26.1. The van der Waals surface area contributed by atoms with E-state index in [-0.39, 0.29) is 49.7 Å². The van der Waals surface area contributed by atoms with Gasteiger partial charge in [-0.1, -0.05) is 188 Å². The number of ether oxygens (including phenoxy) is 6. The van der Waals surface area contributed by atoms with Crippen molar-refractivity contribution in [2.24, 2.45) is 0 Å². The SMILES string of the molecule is [2H]C(CN(C)C)(c1ccc(OC)cc1)C1(O)C([2H])([2H])C([2H])([2H])C([2H])([2H])C([2H])([2H])C1([2H])[2H].[2H]C([2H])(N(C)C)C([2H])(c1ccc(OC)cc1)C1(O)C([2H])([2H])C([2H])([2H])C([2H])([2H])C([2H])([2H])C1([2H])[2H].[2H]C([2H])([2H])N(C([2H])([2H])[2H])C([2H])([2H])C(c1ccc(OC)cc1)C1(O)C([2H])([2H])C([2H])([2H])C([2H])([2H])C([2H])([2H])C1([2H])[2H].[2H]C([2H])([2H])N(C)C([2H])([2H])C(c1ccc(OC)cc1)C1(O)C([2H])([2H])C([2H])([2H])C([2H])([2H])C([2H])([2H])C1([2H])[2H].[2H]C([2H])([2H])N(C)CC([2H])(c1ccc(OC)cc1)C1(O)C([2H])([2H])C([2H])([2H])C([2H])([2H])C([2H])([2H])C1([2H])[2H].[2H]C([2H])([2H])N(CC([2H])(c1ccc(OC)cc1)C1(O)C([2H])([2H])C([2H])([2H])C([2H])([2H])C([2H])([2H])C1([2H])[2H])C([2H])([2H])[2H]. The van der Waals surface area contributed by atoms with E-state index in [0.717, 1.165) is 118 Å². The van der Waals surface area contributed by atoms with Crippen LogP contribution in [-0.4, -0.2) is 260 Å². The van der Waals surface area contributed by atoms with Crippen LogP contribution in [0.3, 0.4) is 0 Å². The quantitative estimate of drug-likeness (QED) is 0.0249. The first kappa shape index (κ1) is 33.4. The number of hydrogen-bond donors (Lipinski definition) is 6. The Hall–Kier alpha value is -6.36. The Morgan fingerprint density at radius 1 is 0.258 bits per heavy atom. The standard InChI is InChI=1S/6C17H27NO2/c6*1-18(2)13-16(17(19)11-5-4-6-12-17)14-7-9-15(20-3)10-8-14/h6*7-10,16,19H,4-6,11-13H2,1-3H3/i1D3,2D3,4D2,5D2,6D2,11D2,12D2,16D;1D3,2D3,4D2,5D2,6D2,11D2,12D2,13D2;4D2,5D2,6D2,11D2,12D2,13D2,16D;1D3,4D2,5D2,6D2,11D2,12D2,16D;1D3,4D2,5D2,6D2,11D2,12D2,13D2;4D2,5D2,6D2,11D2,12D2,16D. The van der Waals surface area contributed by atoms with Crippen molar-refractivity contribution < 1.29 is 180 Å². The van der Waals surface area contributed by atoms with Gasteiger partial charge in [0.25, 0.3) is 0 Å². The molecule has 0 saturated heterocycles. The Morgan fingerprint density at radius 2 is 0.458 bits per heavy atom. The third kappa shape index (κ3) is 31.1. The van der Waals surface area contributed by atoms with Crippen LogP contribution in [0.2, 0.25) is 0 Å². The molecular formula is C102H162N6O12. The van der Waals surface area contributed by atoms with Crippen molar-refractivity contribution in [3.05, 3.63) is 179 Å². The summed E-state index contributed by atoms with van der Waals surface area (Å²) >= 11 is 0. The molecule has 6 saturated carbocycles. The van der Waals surface area contributed by atoms with Gasteiger partial charge >= 0.3 is 0 Å². The Balaban J connectivity index is 0.000000331. The van der Waals surface area contributed by atoms with Crippen LogP contribution in [0, 0.1) is 0 Å². The van der Waals surface area contributed by atoms with Gasteiger partial charge in [0.15, 0.2) is 0 Å². The molecule has 6 aromatic carbocycles. The zero-order valence-electron chi connectivity index (χ0n) is 155. The normalized spacial score (nSPS) is 45.3. The summed E-state index contributed by atoms with van der Waals surface area (Å²) in [6.07, 6.45) is -118. The molecule has 672 valence electrons. The average molecular weight is 1750 g/mol. The van der Waals surface area contributed by atoms with Crippen LogP contribution in [0.25, 0.3) is 0 Å². The molecule has 6 aromatic rings. The van der Waals surface area contributed by atoms with Crippen LogP contribution >= 0.6 is 0 Å². The maximum atomic E-state index is 11.9. The van der Waals surface area contributed by atoms with E-state index in [0.29, 0.717) is 10.6 Å². The number of hydrogen-bond acceptors (Lipinski definition) is 18. The first-order valence-electron chi connectivity index (χ1n) is 79.6. The van der Waals surface area contributed by atoms with E-state index < -0.39 is 368 Å².